The molecule has 0 spiro atoms. The van der Waals surface area contributed by atoms with Crippen molar-refractivity contribution in [3.8, 4) is 0 Å². The fraction of sp³-hybridized carbons (Fsp3) is 0.333. The zero-order chi connectivity index (χ0) is 15.1. The van der Waals surface area contributed by atoms with E-state index in [0.29, 0.717) is 6.29 Å². The number of hydrogen-bond acceptors (Lipinski definition) is 3. The van der Waals surface area contributed by atoms with Crippen LogP contribution in [0.15, 0.2) is 40.8 Å². The summed E-state index contributed by atoms with van der Waals surface area (Å²) in [5.41, 5.74) is -0.734. The molecule has 0 saturated heterocycles. The second-order valence-electron chi connectivity index (χ2n) is 3.32. The van der Waals surface area contributed by atoms with Crippen LogP contribution in [0.5, 0.6) is 0 Å². The topological polar surface area (TPSA) is 38.7 Å². The Labute approximate surface area is 117 Å². The second kappa shape index (κ2) is 7.93. The molecule has 0 fully saturated rings. The van der Waals surface area contributed by atoms with Crippen LogP contribution in [0.1, 0.15) is 6.92 Å². The molecule has 19 heavy (non-hydrogen) atoms. The number of nitrogens with zero attached hydrogens (tertiary/aromatic N) is 1. The molecular formula is C12H13BrF3NO2. The van der Waals surface area contributed by atoms with Crippen LogP contribution in [0.4, 0.5) is 13.2 Å². The quantitative estimate of drug-likeness (QED) is 0.244. The predicted octanol–water partition coefficient (Wildman–Crippen LogP) is 3.57. The highest BCUT2D eigenvalue weighted by Crippen LogP contribution is 2.28. The molecule has 0 radical (unpaired) electrons. The van der Waals surface area contributed by atoms with Crippen molar-refractivity contribution in [1.82, 2.24) is 0 Å². The number of ether oxygens (including phenoxy) is 1. The zero-order valence-corrected chi connectivity index (χ0v) is 12.0. The number of rotatable bonds is 6. The number of aliphatic imine (C=N–C) groups is 1. The van der Waals surface area contributed by atoms with E-state index in [9.17, 15) is 18.0 Å². The van der Waals surface area contributed by atoms with E-state index in [1.165, 1.54) is 12.3 Å². The van der Waals surface area contributed by atoms with Crippen LogP contribution in [-0.2, 0) is 9.53 Å². The number of alkyl halides is 4. The van der Waals surface area contributed by atoms with Crippen molar-refractivity contribution in [2.75, 3.05) is 7.11 Å². The molecule has 7 heteroatoms. The van der Waals surface area contributed by atoms with E-state index < -0.39 is 16.6 Å². The largest absolute Gasteiger partial charge is 0.496 e. The number of halogens is 4. The van der Waals surface area contributed by atoms with Crippen LogP contribution in [0, 0.1) is 0 Å². The number of methoxy groups -OCH3 is 1. The van der Waals surface area contributed by atoms with Gasteiger partial charge in [0.15, 0.2) is 0 Å². The first-order valence-electron chi connectivity index (χ1n) is 5.06. The summed E-state index contributed by atoms with van der Waals surface area (Å²) in [7, 11) is 1.13. The van der Waals surface area contributed by atoms with E-state index >= 15 is 0 Å². The normalized spacial score (nSPS) is 16.0. The minimum Gasteiger partial charge on any atom is -0.496 e. The fourth-order valence-electron chi connectivity index (χ4n) is 0.936. The number of carbonyl (C=O) groups excluding carboxylic acids is 1. The minimum absolute atomic E-state index is 0.145. The van der Waals surface area contributed by atoms with E-state index in [1.54, 1.807) is 0 Å². The Kier molecular flexibility index (Phi) is 7.36. The molecule has 0 aliphatic rings. The van der Waals surface area contributed by atoms with E-state index in [0.717, 1.165) is 20.1 Å². The molecule has 0 N–H and O–H groups in total. The summed E-state index contributed by atoms with van der Waals surface area (Å²) in [6, 6.07) is 0. The summed E-state index contributed by atoms with van der Waals surface area (Å²) in [5, 5.41) is 0. The lowest BCUT2D eigenvalue weighted by Gasteiger charge is -2.11. The average molecular weight is 340 g/mol. The van der Waals surface area contributed by atoms with Crippen LogP contribution < -0.4 is 0 Å². The summed E-state index contributed by atoms with van der Waals surface area (Å²) in [5.74, 6) is -0.364. The number of aldehydes is 1. The number of carbonyl (C=O) groups is 1. The Balaban J connectivity index is 5.40. The van der Waals surface area contributed by atoms with E-state index in [1.807, 2.05) is 0 Å². The minimum atomic E-state index is -4.49. The first-order chi connectivity index (χ1) is 8.76. The zero-order valence-electron chi connectivity index (χ0n) is 10.4. The SMILES string of the molecule is C=CC(=C\C(OC)=C(/C)C(F)(F)F)/N=C/C(Br)C=O. The van der Waals surface area contributed by atoms with Crippen molar-refractivity contribution < 1.29 is 22.7 Å². The maximum absolute atomic E-state index is 12.5. The number of hydrogen-bond donors (Lipinski definition) is 0. The summed E-state index contributed by atoms with van der Waals surface area (Å²) >= 11 is 2.98. The van der Waals surface area contributed by atoms with Gasteiger partial charge in [0.05, 0.1) is 18.4 Å². The lowest BCUT2D eigenvalue weighted by molar-refractivity contribution is -0.106. The molecule has 0 bridgehead atoms. The Morgan fingerprint density at radius 2 is 2.05 bits per heavy atom. The molecule has 1 unspecified atom stereocenters. The van der Waals surface area contributed by atoms with Gasteiger partial charge in [0.25, 0.3) is 0 Å². The van der Waals surface area contributed by atoms with Gasteiger partial charge in [-0.05, 0) is 13.0 Å². The highest BCUT2D eigenvalue weighted by atomic mass is 79.9. The van der Waals surface area contributed by atoms with Gasteiger partial charge in [-0.25, -0.2) is 0 Å². The lowest BCUT2D eigenvalue weighted by Crippen LogP contribution is -2.12. The van der Waals surface area contributed by atoms with Crippen LogP contribution in [-0.4, -0.2) is 30.6 Å². The van der Waals surface area contributed by atoms with Gasteiger partial charge in [-0.3, -0.25) is 4.99 Å². The van der Waals surface area contributed by atoms with Crippen LogP contribution in [0.3, 0.4) is 0 Å². The van der Waals surface area contributed by atoms with Gasteiger partial charge in [-0.2, -0.15) is 13.2 Å². The van der Waals surface area contributed by atoms with Crippen molar-refractivity contribution in [2.45, 2.75) is 17.9 Å². The van der Waals surface area contributed by atoms with Gasteiger partial charge in [0.1, 0.15) is 16.9 Å². The molecule has 3 nitrogen and oxygen atoms in total. The van der Waals surface area contributed by atoms with Crippen LogP contribution in [0.2, 0.25) is 0 Å². The molecule has 0 aliphatic heterocycles. The van der Waals surface area contributed by atoms with E-state index in [2.05, 4.69) is 32.2 Å². The van der Waals surface area contributed by atoms with Crippen LogP contribution in [0.25, 0.3) is 0 Å². The van der Waals surface area contributed by atoms with Gasteiger partial charge >= 0.3 is 6.18 Å². The van der Waals surface area contributed by atoms with Gasteiger partial charge in [0, 0.05) is 12.3 Å². The van der Waals surface area contributed by atoms with Crippen molar-refractivity contribution >= 4 is 28.4 Å². The van der Waals surface area contributed by atoms with Crippen molar-refractivity contribution in [3.63, 3.8) is 0 Å². The maximum atomic E-state index is 12.5. The van der Waals surface area contributed by atoms with Gasteiger partial charge in [-0.1, -0.05) is 22.5 Å². The lowest BCUT2D eigenvalue weighted by atomic mass is 10.2. The van der Waals surface area contributed by atoms with E-state index in [-0.39, 0.29) is 11.5 Å². The molecular weight excluding hydrogens is 327 g/mol. The summed E-state index contributed by atoms with van der Waals surface area (Å²) in [6.45, 7) is 4.33. The molecule has 0 aromatic heterocycles. The first kappa shape index (κ1) is 17.6. The molecule has 0 aliphatic carbocycles. The smallest absolute Gasteiger partial charge is 0.415 e. The van der Waals surface area contributed by atoms with Crippen molar-refractivity contribution in [1.29, 1.82) is 0 Å². The monoisotopic (exact) mass is 339 g/mol. The number of allylic oxidation sites excluding steroid dienone is 3. The third kappa shape index (κ3) is 6.37. The maximum Gasteiger partial charge on any atom is 0.415 e. The van der Waals surface area contributed by atoms with Crippen molar-refractivity contribution in [3.05, 3.63) is 35.8 Å². The van der Waals surface area contributed by atoms with Gasteiger partial charge in [0.2, 0.25) is 0 Å². The third-order valence-corrected chi connectivity index (χ3v) is 2.45. The molecule has 0 heterocycles. The summed E-state index contributed by atoms with van der Waals surface area (Å²) < 4.78 is 42.3. The first-order valence-corrected chi connectivity index (χ1v) is 5.97. The Bertz CT molecular complexity index is 425. The predicted molar refractivity (Wildman–Crippen MR) is 71.3 cm³/mol. The average Bonchev–Trinajstić information content (AvgIpc) is 2.37. The Hall–Kier alpha value is -1.37. The molecule has 0 rings (SSSR count). The Morgan fingerprint density at radius 3 is 2.42 bits per heavy atom. The van der Waals surface area contributed by atoms with Gasteiger partial charge < -0.3 is 9.53 Å². The highest BCUT2D eigenvalue weighted by Gasteiger charge is 2.33. The highest BCUT2D eigenvalue weighted by molar-refractivity contribution is 9.10. The molecule has 0 saturated carbocycles. The Morgan fingerprint density at radius 1 is 1.47 bits per heavy atom. The second-order valence-corrected chi connectivity index (χ2v) is 4.38. The van der Waals surface area contributed by atoms with Crippen LogP contribution >= 0.6 is 15.9 Å². The molecule has 0 amide bonds. The molecule has 1 atom stereocenters. The molecule has 0 aromatic rings. The summed E-state index contributed by atoms with van der Waals surface area (Å²) in [4.78, 5) is 13.6. The van der Waals surface area contributed by atoms with Crippen molar-refractivity contribution in [2.24, 2.45) is 4.99 Å². The fourth-order valence-corrected chi connectivity index (χ4v) is 1.05. The van der Waals surface area contributed by atoms with Gasteiger partial charge in [-0.15, -0.1) is 0 Å². The van der Waals surface area contributed by atoms with E-state index in [4.69, 9.17) is 0 Å². The molecule has 0 aromatic carbocycles. The third-order valence-electron chi connectivity index (χ3n) is 2.00. The molecule has 106 valence electrons. The standard InChI is InChI=1S/C12H13BrF3NO2/c1-4-10(17-6-9(13)7-18)5-11(19-3)8(2)12(14,15)16/h4-7,9H,1H2,2-3H3/b10-5+,11-8-,17-6+. The summed E-state index contributed by atoms with van der Waals surface area (Å²) in [6.07, 6.45) is -0.325.